The molecule has 0 bridgehead atoms. The predicted octanol–water partition coefficient (Wildman–Crippen LogP) is 3.93. The van der Waals surface area contributed by atoms with Gasteiger partial charge in [-0.2, -0.15) is 5.10 Å². The maximum absolute atomic E-state index is 13.4. The van der Waals surface area contributed by atoms with Gasteiger partial charge >= 0.3 is 12.0 Å². The molecule has 0 saturated heterocycles. The number of hydrogen-bond acceptors (Lipinski definition) is 10. The second-order valence-corrected chi connectivity index (χ2v) is 9.74. The van der Waals surface area contributed by atoms with Crippen molar-refractivity contribution in [1.29, 1.82) is 0 Å². The summed E-state index contributed by atoms with van der Waals surface area (Å²) in [6.45, 7) is 3.73. The molecule has 0 aromatic heterocycles. The van der Waals surface area contributed by atoms with E-state index in [1.165, 1.54) is 32.6 Å². The maximum Gasteiger partial charge on any atom is 0.337 e. The summed E-state index contributed by atoms with van der Waals surface area (Å²) in [4.78, 5) is 24.6. The van der Waals surface area contributed by atoms with Gasteiger partial charge in [0.05, 0.1) is 38.7 Å². The first-order chi connectivity index (χ1) is 21.7. The van der Waals surface area contributed by atoms with Crippen LogP contribution in [0, 0.1) is 5.82 Å². The van der Waals surface area contributed by atoms with E-state index in [2.05, 4.69) is 21.2 Å². The minimum atomic E-state index is -1.17. The molecule has 1 heterocycles. The molecule has 0 fully saturated rings. The highest BCUT2D eigenvalue weighted by atomic mass is 19.1. The van der Waals surface area contributed by atoms with Crippen LogP contribution in [0.4, 0.5) is 9.18 Å². The lowest BCUT2D eigenvalue weighted by atomic mass is 9.95. The molecular weight excluding hydrogens is 587 g/mol. The van der Waals surface area contributed by atoms with Crippen LogP contribution >= 0.6 is 0 Å². The first kappa shape index (κ1) is 32.6. The second-order valence-electron chi connectivity index (χ2n) is 9.74. The van der Waals surface area contributed by atoms with E-state index < -0.39 is 24.3 Å². The molecule has 0 radical (unpaired) electrons. The van der Waals surface area contributed by atoms with Gasteiger partial charge in [0.25, 0.3) is 0 Å². The van der Waals surface area contributed by atoms with Crippen molar-refractivity contribution in [3.8, 4) is 23.0 Å². The number of hydrazone groups is 1. The molecule has 13 heteroatoms. The number of rotatable bonds is 14. The Hall–Kier alpha value is -5.30. The fraction of sp³-hybridized carbons (Fsp3) is 0.281. The zero-order chi connectivity index (χ0) is 32.3. The number of allylic oxidation sites excluding steroid dienone is 1. The standard InChI is InChI=1S/C32H35FN4O8/c1-5-43-27-15-22(30-29(31(39)42-4)19(2)35-32(40)36-30)10-12-25(27)45-18-28(38)37-34-16-20-9-11-24(26(14-20)41-3)44-17-21-7-6-8-23(33)13-21/h6-16,28,30,37-38H,5,17-18H2,1-4H3,(H2,35,36,40)/b34-16-/t28-,30+/m1/s1. The smallest absolute Gasteiger partial charge is 0.337 e. The molecule has 3 aromatic carbocycles. The molecule has 1 aliphatic heterocycles. The monoisotopic (exact) mass is 622 g/mol. The van der Waals surface area contributed by atoms with Crippen LogP contribution in [0.5, 0.6) is 23.0 Å². The molecule has 0 saturated carbocycles. The Morgan fingerprint density at radius 2 is 1.82 bits per heavy atom. The Bertz CT molecular complexity index is 1580. The van der Waals surface area contributed by atoms with E-state index >= 15 is 0 Å². The Morgan fingerprint density at radius 1 is 1.04 bits per heavy atom. The molecule has 45 heavy (non-hydrogen) atoms. The van der Waals surface area contributed by atoms with Gasteiger partial charge < -0.3 is 39.4 Å². The van der Waals surface area contributed by atoms with Gasteiger partial charge in [0.1, 0.15) is 19.0 Å². The van der Waals surface area contributed by atoms with Gasteiger partial charge in [-0.15, -0.1) is 0 Å². The van der Waals surface area contributed by atoms with Crippen molar-refractivity contribution >= 4 is 18.2 Å². The first-order valence-corrected chi connectivity index (χ1v) is 14.0. The highest BCUT2D eigenvalue weighted by molar-refractivity contribution is 5.95. The van der Waals surface area contributed by atoms with Crippen molar-refractivity contribution in [2.75, 3.05) is 27.4 Å². The van der Waals surface area contributed by atoms with Crippen molar-refractivity contribution in [3.63, 3.8) is 0 Å². The molecule has 12 nitrogen and oxygen atoms in total. The lowest BCUT2D eigenvalue weighted by Crippen LogP contribution is -2.45. The lowest BCUT2D eigenvalue weighted by Gasteiger charge is -2.28. The molecule has 2 amide bonds. The summed E-state index contributed by atoms with van der Waals surface area (Å²) < 4.78 is 41.1. The number of aliphatic hydroxyl groups is 1. The number of carbonyl (C=O) groups is 2. The highest BCUT2D eigenvalue weighted by Crippen LogP contribution is 2.35. The summed E-state index contributed by atoms with van der Waals surface area (Å²) >= 11 is 0. The minimum Gasteiger partial charge on any atom is -0.493 e. The predicted molar refractivity (Wildman–Crippen MR) is 163 cm³/mol. The zero-order valence-electron chi connectivity index (χ0n) is 25.3. The van der Waals surface area contributed by atoms with Gasteiger partial charge in [-0.3, -0.25) is 5.43 Å². The van der Waals surface area contributed by atoms with Crippen molar-refractivity contribution in [3.05, 3.63) is 94.4 Å². The summed E-state index contributed by atoms with van der Waals surface area (Å²) in [5.41, 5.74) is 5.16. The number of ether oxygens (including phenoxy) is 5. The van der Waals surface area contributed by atoms with Crippen LogP contribution in [0.25, 0.3) is 0 Å². The fourth-order valence-corrected chi connectivity index (χ4v) is 4.49. The Balaban J connectivity index is 1.36. The SMILES string of the molecule is CCOc1cc([C@@H]2NC(=O)NC(C)=C2C(=O)OC)ccc1OC[C@@H](O)N/N=C\c1ccc(OCc2cccc(F)c2)c(OC)c1. The Morgan fingerprint density at radius 3 is 2.56 bits per heavy atom. The third-order valence-corrected chi connectivity index (χ3v) is 6.58. The third kappa shape index (κ3) is 8.63. The molecule has 0 unspecified atom stereocenters. The average Bonchev–Trinajstić information content (AvgIpc) is 3.03. The molecule has 0 spiro atoms. The van der Waals surface area contributed by atoms with Crippen molar-refractivity contribution in [2.24, 2.45) is 5.10 Å². The zero-order valence-corrected chi connectivity index (χ0v) is 25.3. The van der Waals surface area contributed by atoms with Crippen LogP contribution in [-0.4, -0.2) is 57.0 Å². The summed E-state index contributed by atoms with van der Waals surface area (Å²) in [6, 6.07) is 15.0. The quantitative estimate of drug-likeness (QED) is 0.0908. The van der Waals surface area contributed by atoms with E-state index in [1.807, 2.05) is 0 Å². The molecule has 4 N–H and O–H groups in total. The van der Waals surface area contributed by atoms with Gasteiger partial charge in [0.15, 0.2) is 29.2 Å². The largest absolute Gasteiger partial charge is 0.493 e. The second kappa shape index (κ2) is 15.4. The minimum absolute atomic E-state index is 0.170. The number of carbonyl (C=O) groups excluding carboxylic acids is 2. The van der Waals surface area contributed by atoms with Gasteiger partial charge in [0, 0.05) is 5.70 Å². The van der Waals surface area contributed by atoms with E-state index in [0.717, 1.165) is 0 Å². The van der Waals surface area contributed by atoms with Crippen LogP contribution in [0.1, 0.15) is 36.6 Å². The molecule has 0 aliphatic carbocycles. The van der Waals surface area contributed by atoms with Crippen molar-refractivity contribution in [2.45, 2.75) is 32.7 Å². The number of esters is 1. The van der Waals surface area contributed by atoms with Crippen LogP contribution in [0.3, 0.4) is 0 Å². The number of amides is 2. The van der Waals surface area contributed by atoms with Crippen LogP contribution in [0.2, 0.25) is 0 Å². The van der Waals surface area contributed by atoms with E-state index in [-0.39, 0.29) is 24.6 Å². The van der Waals surface area contributed by atoms with Crippen LogP contribution < -0.4 is 35.0 Å². The van der Waals surface area contributed by atoms with Crippen molar-refractivity contribution < 1.29 is 42.8 Å². The Labute approximate surface area is 259 Å². The number of halogens is 1. The number of nitrogens with one attached hydrogen (secondary N) is 3. The summed E-state index contributed by atoms with van der Waals surface area (Å²) in [5.74, 6) is 0.707. The van der Waals surface area contributed by atoms with E-state index in [0.29, 0.717) is 52.0 Å². The molecule has 1 aliphatic rings. The van der Waals surface area contributed by atoms with E-state index in [9.17, 15) is 19.1 Å². The number of benzene rings is 3. The summed E-state index contributed by atoms with van der Waals surface area (Å²) in [5, 5.41) is 19.8. The van der Waals surface area contributed by atoms with E-state index in [4.69, 9.17) is 23.7 Å². The highest BCUT2D eigenvalue weighted by Gasteiger charge is 2.32. The van der Waals surface area contributed by atoms with Gasteiger partial charge in [-0.05, 0) is 73.0 Å². The van der Waals surface area contributed by atoms with E-state index in [1.54, 1.807) is 62.4 Å². The molecule has 2 atom stereocenters. The normalized spacial score (nSPS) is 15.2. The third-order valence-electron chi connectivity index (χ3n) is 6.58. The molecule has 238 valence electrons. The lowest BCUT2D eigenvalue weighted by molar-refractivity contribution is -0.136. The number of nitrogens with zero attached hydrogens (tertiary/aromatic N) is 1. The van der Waals surface area contributed by atoms with Crippen molar-refractivity contribution in [1.82, 2.24) is 16.1 Å². The topological polar surface area (TPSA) is 149 Å². The fourth-order valence-electron chi connectivity index (χ4n) is 4.49. The van der Waals surface area contributed by atoms with Gasteiger partial charge in [-0.1, -0.05) is 18.2 Å². The van der Waals surface area contributed by atoms with Crippen LogP contribution in [-0.2, 0) is 16.1 Å². The number of aliphatic hydroxyl groups excluding tert-OH is 1. The molecule has 3 aromatic rings. The molecule has 4 rings (SSSR count). The summed E-state index contributed by atoms with van der Waals surface area (Å²) in [6.07, 6.45) is 0.316. The molecular formula is C32H35FN4O8. The number of urea groups is 1. The van der Waals surface area contributed by atoms with Gasteiger partial charge in [0.2, 0.25) is 0 Å². The maximum atomic E-state index is 13.4. The summed E-state index contributed by atoms with van der Waals surface area (Å²) in [7, 11) is 2.77. The number of hydrogen-bond donors (Lipinski definition) is 4. The number of methoxy groups -OCH3 is 2. The van der Waals surface area contributed by atoms with Crippen LogP contribution in [0.15, 0.2) is 77.0 Å². The Kier molecular flexibility index (Phi) is 11.2. The first-order valence-electron chi connectivity index (χ1n) is 14.0. The van der Waals surface area contributed by atoms with Gasteiger partial charge in [-0.25, -0.2) is 14.0 Å². The average molecular weight is 623 g/mol.